The molecule has 0 bridgehead atoms. The molecular formula is C15H19NO. The molecule has 0 spiro atoms. The van der Waals surface area contributed by atoms with Gasteiger partial charge in [-0.1, -0.05) is 45.9 Å². The summed E-state index contributed by atoms with van der Waals surface area (Å²) in [7, 11) is 0. The second kappa shape index (κ2) is 4.74. The van der Waals surface area contributed by atoms with Gasteiger partial charge in [0, 0.05) is 11.5 Å². The van der Waals surface area contributed by atoms with Gasteiger partial charge in [0.25, 0.3) is 0 Å². The van der Waals surface area contributed by atoms with E-state index >= 15 is 0 Å². The van der Waals surface area contributed by atoms with Gasteiger partial charge in [0.2, 0.25) is 5.89 Å². The van der Waals surface area contributed by atoms with Crippen LogP contribution in [0.25, 0.3) is 11.5 Å². The summed E-state index contributed by atoms with van der Waals surface area (Å²) >= 11 is 0. The average molecular weight is 229 g/mol. The number of oxazole rings is 1. The van der Waals surface area contributed by atoms with E-state index < -0.39 is 0 Å². The van der Waals surface area contributed by atoms with Crippen molar-refractivity contribution in [3.05, 3.63) is 41.8 Å². The van der Waals surface area contributed by atoms with Gasteiger partial charge in [0.15, 0.2) is 0 Å². The van der Waals surface area contributed by atoms with Gasteiger partial charge < -0.3 is 4.42 Å². The zero-order chi connectivity index (χ0) is 12.4. The second-order valence-corrected chi connectivity index (χ2v) is 4.96. The minimum absolute atomic E-state index is 0.377. The quantitative estimate of drug-likeness (QED) is 0.769. The molecule has 0 radical (unpaired) electrons. The zero-order valence-corrected chi connectivity index (χ0v) is 10.9. The van der Waals surface area contributed by atoms with Gasteiger partial charge in [-0.25, -0.2) is 4.98 Å². The van der Waals surface area contributed by atoms with Crippen molar-refractivity contribution in [1.29, 1.82) is 0 Å². The largest absolute Gasteiger partial charge is 0.441 e. The fourth-order valence-corrected chi connectivity index (χ4v) is 1.87. The number of hydrogen-bond acceptors (Lipinski definition) is 2. The molecule has 2 aromatic rings. The van der Waals surface area contributed by atoms with Crippen molar-refractivity contribution in [2.24, 2.45) is 0 Å². The summed E-state index contributed by atoms with van der Waals surface area (Å²) in [6, 6.07) is 8.30. The summed E-state index contributed by atoms with van der Waals surface area (Å²) in [5, 5.41) is 0. The van der Waals surface area contributed by atoms with E-state index in [2.05, 4.69) is 50.9 Å². The van der Waals surface area contributed by atoms with Crippen molar-refractivity contribution in [2.75, 3.05) is 0 Å². The van der Waals surface area contributed by atoms with E-state index in [1.165, 1.54) is 5.56 Å². The molecule has 2 rings (SSSR count). The standard InChI is InChI=1S/C15H19NO/c1-10(2)12-7-5-6-8-13(12)15-16-9-14(17-15)11(3)4/h5-11H,1-4H3. The van der Waals surface area contributed by atoms with Crippen LogP contribution in [-0.2, 0) is 0 Å². The van der Waals surface area contributed by atoms with Crippen LogP contribution < -0.4 is 0 Å². The molecule has 0 aliphatic rings. The summed E-state index contributed by atoms with van der Waals surface area (Å²) in [6.07, 6.45) is 1.83. The topological polar surface area (TPSA) is 26.0 Å². The minimum Gasteiger partial charge on any atom is -0.441 e. The van der Waals surface area contributed by atoms with Gasteiger partial charge in [-0.05, 0) is 17.5 Å². The van der Waals surface area contributed by atoms with Crippen molar-refractivity contribution in [2.45, 2.75) is 39.5 Å². The first-order chi connectivity index (χ1) is 8.09. The van der Waals surface area contributed by atoms with Crippen LogP contribution in [0.15, 0.2) is 34.9 Å². The Morgan fingerprint density at radius 3 is 2.29 bits per heavy atom. The first-order valence-electron chi connectivity index (χ1n) is 6.14. The summed E-state index contributed by atoms with van der Waals surface area (Å²) in [5.74, 6) is 2.53. The fourth-order valence-electron chi connectivity index (χ4n) is 1.87. The Morgan fingerprint density at radius 2 is 1.71 bits per heavy atom. The van der Waals surface area contributed by atoms with Crippen LogP contribution in [0, 0.1) is 0 Å². The molecular weight excluding hydrogens is 210 g/mol. The lowest BCUT2D eigenvalue weighted by Crippen LogP contribution is -1.91. The van der Waals surface area contributed by atoms with Gasteiger partial charge in [0.1, 0.15) is 5.76 Å². The molecule has 0 atom stereocenters. The highest BCUT2D eigenvalue weighted by Gasteiger charge is 2.13. The molecule has 1 heterocycles. The maximum atomic E-state index is 5.81. The van der Waals surface area contributed by atoms with Gasteiger partial charge in [-0.3, -0.25) is 0 Å². The molecule has 0 fully saturated rings. The molecule has 17 heavy (non-hydrogen) atoms. The van der Waals surface area contributed by atoms with Crippen LogP contribution in [0.5, 0.6) is 0 Å². The van der Waals surface area contributed by atoms with Gasteiger partial charge in [0.05, 0.1) is 6.20 Å². The van der Waals surface area contributed by atoms with Crippen LogP contribution in [-0.4, -0.2) is 4.98 Å². The van der Waals surface area contributed by atoms with E-state index in [4.69, 9.17) is 4.42 Å². The Kier molecular flexibility index (Phi) is 3.32. The number of nitrogens with zero attached hydrogens (tertiary/aromatic N) is 1. The Balaban J connectivity index is 2.45. The van der Waals surface area contributed by atoms with Crippen LogP contribution in [0.4, 0.5) is 0 Å². The van der Waals surface area contributed by atoms with Crippen molar-refractivity contribution in [3.63, 3.8) is 0 Å². The lowest BCUT2D eigenvalue weighted by molar-refractivity contribution is 0.494. The SMILES string of the molecule is CC(C)c1cnc(-c2ccccc2C(C)C)o1. The maximum absolute atomic E-state index is 5.81. The van der Waals surface area contributed by atoms with Gasteiger partial charge >= 0.3 is 0 Å². The van der Waals surface area contributed by atoms with Crippen molar-refractivity contribution >= 4 is 0 Å². The van der Waals surface area contributed by atoms with E-state index in [0.717, 1.165) is 17.2 Å². The molecule has 0 unspecified atom stereocenters. The van der Waals surface area contributed by atoms with E-state index in [1.54, 1.807) is 0 Å². The number of benzene rings is 1. The average Bonchev–Trinajstić information content (AvgIpc) is 2.78. The fraction of sp³-hybridized carbons (Fsp3) is 0.400. The first kappa shape index (κ1) is 11.9. The third-order valence-electron chi connectivity index (χ3n) is 2.91. The Hall–Kier alpha value is -1.57. The maximum Gasteiger partial charge on any atom is 0.226 e. The van der Waals surface area contributed by atoms with Crippen LogP contribution in [0.3, 0.4) is 0 Å². The third-order valence-corrected chi connectivity index (χ3v) is 2.91. The van der Waals surface area contributed by atoms with Crippen molar-refractivity contribution in [3.8, 4) is 11.5 Å². The summed E-state index contributed by atoms with van der Waals surface area (Å²) < 4.78 is 5.81. The molecule has 0 amide bonds. The molecule has 90 valence electrons. The summed E-state index contributed by atoms with van der Waals surface area (Å²) in [6.45, 7) is 8.59. The highest BCUT2D eigenvalue weighted by molar-refractivity contribution is 5.59. The highest BCUT2D eigenvalue weighted by atomic mass is 16.4. The van der Waals surface area contributed by atoms with Gasteiger partial charge in [-0.15, -0.1) is 0 Å². The van der Waals surface area contributed by atoms with Crippen LogP contribution in [0.2, 0.25) is 0 Å². The first-order valence-corrected chi connectivity index (χ1v) is 6.14. The number of aromatic nitrogens is 1. The van der Waals surface area contributed by atoms with Crippen molar-refractivity contribution in [1.82, 2.24) is 4.98 Å². The zero-order valence-electron chi connectivity index (χ0n) is 10.9. The predicted molar refractivity (Wildman–Crippen MR) is 70.1 cm³/mol. The second-order valence-electron chi connectivity index (χ2n) is 4.96. The summed E-state index contributed by atoms with van der Waals surface area (Å²) in [4.78, 5) is 4.38. The molecule has 0 N–H and O–H groups in total. The summed E-state index contributed by atoms with van der Waals surface area (Å²) in [5.41, 5.74) is 2.39. The Labute approximate surface area is 103 Å². The number of hydrogen-bond donors (Lipinski definition) is 0. The Bertz CT molecular complexity index is 497. The molecule has 1 aromatic heterocycles. The van der Waals surface area contributed by atoms with Crippen molar-refractivity contribution < 1.29 is 4.42 Å². The smallest absolute Gasteiger partial charge is 0.226 e. The van der Waals surface area contributed by atoms with E-state index in [1.807, 2.05) is 12.3 Å². The third kappa shape index (κ3) is 2.41. The lowest BCUT2D eigenvalue weighted by atomic mass is 9.97. The van der Waals surface area contributed by atoms with E-state index in [9.17, 15) is 0 Å². The number of rotatable bonds is 3. The highest BCUT2D eigenvalue weighted by Crippen LogP contribution is 2.29. The molecule has 2 nitrogen and oxygen atoms in total. The minimum atomic E-state index is 0.377. The lowest BCUT2D eigenvalue weighted by Gasteiger charge is -2.09. The van der Waals surface area contributed by atoms with Crippen LogP contribution >= 0.6 is 0 Å². The monoisotopic (exact) mass is 229 g/mol. The Morgan fingerprint density at radius 1 is 1.00 bits per heavy atom. The molecule has 0 aliphatic heterocycles. The normalized spacial score (nSPS) is 11.4. The van der Waals surface area contributed by atoms with Crippen LogP contribution in [0.1, 0.15) is 50.9 Å². The van der Waals surface area contributed by atoms with Gasteiger partial charge in [-0.2, -0.15) is 0 Å². The van der Waals surface area contributed by atoms with E-state index in [-0.39, 0.29) is 0 Å². The molecule has 0 aliphatic carbocycles. The van der Waals surface area contributed by atoms with E-state index in [0.29, 0.717) is 11.8 Å². The molecule has 0 saturated carbocycles. The molecule has 0 saturated heterocycles. The molecule has 1 aromatic carbocycles. The predicted octanol–water partition coefficient (Wildman–Crippen LogP) is 4.59. The molecule has 2 heteroatoms.